The molecule has 1 radical (unpaired) electrons. The highest BCUT2D eigenvalue weighted by Gasteiger charge is 2.06. The lowest BCUT2D eigenvalue weighted by Crippen LogP contribution is -1.91. The Labute approximate surface area is 78.5 Å². The van der Waals surface area contributed by atoms with Crippen LogP contribution in [0.3, 0.4) is 0 Å². The molecule has 65 valence electrons. The average molecular weight is 183 g/mol. The number of rotatable bonds is 2. The second kappa shape index (κ2) is 3.81. The normalized spacial score (nSPS) is 10.2. The summed E-state index contributed by atoms with van der Waals surface area (Å²) in [4.78, 5) is 0. The molecular formula is C10H13ClN. The van der Waals surface area contributed by atoms with Crippen molar-refractivity contribution in [2.45, 2.75) is 26.7 Å². The predicted octanol–water partition coefficient (Wildman–Crippen LogP) is 3.38. The largest absolute Gasteiger partial charge is 0.300 e. The van der Waals surface area contributed by atoms with Crippen molar-refractivity contribution in [2.24, 2.45) is 0 Å². The van der Waals surface area contributed by atoms with Gasteiger partial charge in [-0.25, -0.2) is 0 Å². The lowest BCUT2D eigenvalue weighted by molar-refractivity contribution is 1.07. The molecule has 0 atom stereocenters. The van der Waals surface area contributed by atoms with Gasteiger partial charge in [0.05, 0.1) is 5.69 Å². The predicted molar refractivity (Wildman–Crippen MR) is 53.0 cm³/mol. The van der Waals surface area contributed by atoms with Crippen LogP contribution in [0.15, 0.2) is 12.1 Å². The molecule has 0 saturated heterocycles. The van der Waals surface area contributed by atoms with Crippen molar-refractivity contribution in [2.75, 3.05) is 0 Å². The molecule has 1 aromatic rings. The Kier molecular flexibility index (Phi) is 2.99. The maximum absolute atomic E-state index is 7.80. The van der Waals surface area contributed by atoms with E-state index in [1.54, 1.807) is 0 Å². The Bertz CT molecular complexity index is 281. The minimum absolute atomic E-state index is 0.618. The monoisotopic (exact) mass is 182 g/mol. The quantitative estimate of drug-likeness (QED) is 0.670. The van der Waals surface area contributed by atoms with E-state index in [9.17, 15) is 0 Å². The summed E-state index contributed by atoms with van der Waals surface area (Å²) < 4.78 is 0. The van der Waals surface area contributed by atoms with E-state index in [0.29, 0.717) is 5.69 Å². The molecule has 1 nitrogen and oxygen atoms in total. The first-order valence-corrected chi connectivity index (χ1v) is 4.60. The van der Waals surface area contributed by atoms with E-state index >= 15 is 0 Å². The maximum Gasteiger partial charge on any atom is 0.0618 e. The number of hydrogen-bond donors (Lipinski definition) is 0. The summed E-state index contributed by atoms with van der Waals surface area (Å²) in [5, 5.41) is 0.722. The summed E-state index contributed by atoms with van der Waals surface area (Å²) in [6.07, 6.45) is 1.74. The Morgan fingerprint density at radius 1 is 1.25 bits per heavy atom. The Morgan fingerprint density at radius 3 is 2.42 bits per heavy atom. The summed E-state index contributed by atoms with van der Waals surface area (Å²) in [7, 11) is 0. The van der Waals surface area contributed by atoms with Crippen molar-refractivity contribution in [3.63, 3.8) is 0 Å². The molecule has 0 saturated carbocycles. The second-order valence-corrected chi connectivity index (χ2v) is 3.17. The number of halogens is 1. The third-order valence-corrected chi connectivity index (χ3v) is 2.43. The zero-order valence-electron chi connectivity index (χ0n) is 7.45. The van der Waals surface area contributed by atoms with Crippen molar-refractivity contribution in [3.05, 3.63) is 28.3 Å². The second-order valence-electron chi connectivity index (χ2n) is 2.77. The SMILES string of the molecule is CCc1ccc(Cl)c(CC)c1[NH]. The third-order valence-electron chi connectivity index (χ3n) is 2.08. The van der Waals surface area contributed by atoms with Gasteiger partial charge in [-0.15, -0.1) is 0 Å². The van der Waals surface area contributed by atoms with E-state index in [1.165, 1.54) is 0 Å². The third kappa shape index (κ3) is 1.56. The van der Waals surface area contributed by atoms with Gasteiger partial charge in [0.1, 0.15) is 0 Å². The molecule has 2 heteroatoms. The Morgan fingerprint density at radius 2 is 1.92 bits per heavy atom. The highest BCUT2D eigenvalue weighted by molar-refractivity contribution is 6.31. The van der Waals surface area contributed by atoms with Gasteiger partial charge >= 0.3 is 0 Å². The van der Waals surface area contributed by atoms with Crippen LogP contribution in [0.2, 0.25) is 5.02 Å². The zero-order valence-corrected chi connectivity index (χ0v) is 8.20. The van der Waals surface area contributed by atoms with Crippen LogP contribution < -0.4 is 5.73 Å². The smallest absolute Gasteiger partial charge is 0.0618 e. The van der Waals surface area contributed by atoms with Crippen LogP contribution >= 0.6 is 11.6 Å². The van der Waals surface area contributed by atoms with Gasteiger partial charge in [-0.05, 0) is 30.0 Å². The highest BCUT2D eigenvalue weighted by atomic mass is 35.5. The van der Waals surface area contributed by atoms with E-state index in [-0.39, 0.29) is 0 Å². The van der Waals surface area contributed by atoms with E-state index in [0.717, 1.165) is 29.0 Å². The first kappa shape index (κ1) is 9.40. The molecule has 0 aliphatic rings. The summed E-state index contributed by atoms with van der Waals surface area (Å²) in [6.45, 7) is 4.08. The standard InChI is InChI=1S/C10H13ClN/c1-3-7-5-6-9(11)8(4-2)10(7)12/h5-6,12H,3-4H2,1-2H3. The maximum atomic E-state index is 7.80. The molecule has 12 heavy (non-hydrogen) atoms. The van der Waals surface area contributed by atoms with Crippen LogP contribution in [0, 0.1) is 0 Å². The van der Waals surface area contributed by atoms with Gasteiger partial charge in [0, 0.05) is 5.02 Å². The molecular weight excluding hydrogens is 170 g/mol. The van der Waals surface area contributed by atoms with E-state index in [2.05, 4.69) is 6.92 Å². The van der Waals surface area contributed by atoms with Crippen molar-refractivity contribution in [3.8, 4) is 0 Å². The van der Waals surface area contributed by atoms with Crippen LogP contribution in [0.25, 0.3) is 0 Å². The highest BCUT2D eigenvalue weighted by Crippen LogP contribution is 2.27. The average Bonchev–Trinajstić information content (AvgIpc) is 2.06. The fraction of sp³-hybridized carbons (Fsp3) is 0.400. The molecule has 0 fully saturated rings. The molecule has 1 aromatic carbocycles. The van der Waals surface area contributed by atoms with E-state index in [1.807, 2.05) is 19.1 Å². The Hall–Kier alpha value is -0.690. The summed E-state index contributed by atoms with van der Waals surface area (Å²) in [5.74, 6) is 0. The lowest BCUT2D eigenvalue weighted by atomic mass is 10.0. The van der Waals surface area contributed by atoms with Crippen LogP contribution in [-0.4, -0.2) is 0 Å². The summed E-state index contributed by atoms with van der Waals surface area (Å²) in [5.41, 5.74) is 10.5. The van der Waals surface area contributed by atoms with Gasteiger partial charge in [0.25, 0.3) is 0 Å². The number of aryl methyl sites for hydroxylation is 1. The topological polar surface area (TPSA) is 23.8 Å². The zero-order chi connectivity index (χ0) is 9.14. The fourth-order valence-electron chi connectivity index (χ4n) is 1.31. The van der Waals surface area contributed by atoms with Crippen molar-refractivity contribution >= 4 is 17.3 Å². The fourth-order valence-corrected chi connectivity index (χ4v) is 1.60. The molecule has 0 heterocycles. The molecule has 0 spiro atoms. The number of nitrogens with one attached hydrogen (secondary N) is 1. The van der Waals surface area contributed by atoms with Crippen LogP contribution in [0.4, 0.5) is 5.69 Å². The first-order chi connectivity index (χ1) is 5.70. The molecule has 0 unspecified atom stereocenters. The number of benzene rings is 1. The number of hydrogen-bond acceptors (Lipinski definition) is 0. The minimum Gasteiger partial charge on any atom is -0.300 e. The molecule has 0 aliphatic carbocycles. The van der Waals surface area contributed by atoms with Crippen molar-refractivity contribution in [1.82, 2.24) is 5.73 Å². The van der Waals surface area contributed by atoms with Gasteiger partial charge in [-0.3, -0.25) is 0 Å². The molecule has 0 bridgehead atoms. The van der Waals surface area contributed by atoms with Gasteiger partial charge in [-0.1, -0.05) is 31.5 Å². The van der Waals surface area contributed by atoms with Gasteiger partial charge in [0.15, 0.2) is 0 Å². The summed E-state index contributed by atoms with van der Waals surface area (Å²) in [6, 6.07) is 3.82. The van der Waals surface area contributed by atoms with Gasteiger partial charge in [-0.2, -0.15) is 0 Å². The molecule has 1 rings (SSSR count). The van der Waals surface area contributed by atoms with Crippen molar-refractivity contribution < 1.29 is 0 Å². The van der Waals surface area contributed by atoms with Gasteiger partial charge < -0.3 is 5.73 Å². The van der Waals surface area contributed by atoms with E-state index in [4.69, 9.17) is 17.3 Å². The molecule has 0 aliphatic heterocycles. The van der Waals surface area contributed by atoms with E-state index < -0.39 is 0 Å². The minimum atomic E-state index is 0.618. The molecule has 0 amide bonds. The lowest BCUT2D eigenvalue weighted by Gasteiger charge is -2.08. The van der Waals surface area contributed by atoms with Crippen LogP contribution in [-0.2, 0) is 12.8 Å². The Balaban J connectivity index is 3.24. The summed E-state index contributed by atoms with van der Waals surface area (Å²) >= 11 is 5.94. The first-order valence-electron chi connectivity index (χ1n) is 4.22. The van der Waals surface area contributed by atoms with Crippen LogP contribution in [0.5, 0.6) is 0 Å². The van der Waals surface area contributed by atoms with Gasteiger partial charge in [0.2, 0.25) is 0 Å². The van der Waals surface area contributed by atoms with Crippen molar-refractivity contribution in [1.29, 1.82) is 0 Å². The molecule has 0 aromatic heterocycles. The van der Waals surface area contributed by atoms with Crippen LogP contribution in [0.1, 0.15) is 25.0 Å². The molecule has 1 N–H and O–H groups in total.